The summed E-state index contributed by atoms with van der Waals surface area (Å²) in [4.78, 5) is 24.2. The van der Waals surface area contributed by atoms with Crippen LogP contribution in [0.4, 0.5) is 10.1 Å². The highest BCUT2D eigenvalue weighted by Gasteiger charge is 2.10. The number of carbonyl (C=O) groups is 1. The Labute approximate surface area is 137 Å². The minimum atomic E-state index is -0.512. The van der Waals surface area contributed by atoms with Gasteiger partial charge in [-0.3, -0.25) is 9.59 Å². The van der Waals surface area contributed by atoms with Crippen molar-refractivity contribution in [2.24, 2.45) is 0 Å². The minimum Gasteiger partial charge on any atom is -0.320 e. The van der Waals surface area contributed by atoms with Crippen molar-refractivity contribution in [2.75, 3.05) is 5.32 Å². The van der Waals surface area contributed by atoms with Crippen molar-refractivity contribution in [3.05, 3.63) is 94.2 Å². The summed E-state index contributed by atoms with van der Waals surface area (Å²) in [5.74, 6) is -0.961. The molecule has 0 saturated carbocycles. The van der Waals surface area contributed by atoms with Crippen molar-refractivity contribution in [1.29, 1.82) is 0 Å². The first-order chi connectivity index (χ1) is 11.6. The summed E-state index contributed by atoms with van der Waals surface area (Å²) in [7, 11) is 0. The maximum absolute atomic E-state index is 13.2. The Morgan fingerprint density at radius 3 is 2.58 bits per heavy atom. The molecule has 0 spiro atoms. The zero-order valence-corrected chi connectivity index (χ0v) is 12.6. The third-order valence-electron chi connectivity index (χ3n) is 3.36. The lowest BCUT2D eigenvalue weighted by Crippen LogP contribution is -2.26. The average Bonchev–Trinajstić information content (AvgIpc) is 2.58. The van der Waals surface area contributed by atoms with E-state index in [0.717, 1.165) is 5.56 Å². The molecule has 0 aliphatic carbocycles. The Kier molecular flexibility index (Phi) is 4.47. The van der Waals surface area contributed by atoms with Crippen molar-refractivity contribution < 1.29 is 9.18 Å². The summed E-state index contributed by atoms with van der Waals surface area (Å²) < 4.78 is 14.4. The van der Waals surface area contributed by atoms with Gasteiger partial charge in [-0.15, -0.1) is 0 Å². The first kappa shape index (κ1) is 15.6. The van der Waals surface area contributed by atoms with Gasteiger partial charge in [0.05, 0.1) is 6.54 Å². The highest BCUT2D eigenvalue weighted by Crippen LogP contribution is 2.10. The third-order valence-corrected chi connectivity index (χ3v) is 3.36. The van der Waals surface area contributed by atoms with Crippen LogP contribution in [0.3, 0.4) is 0 Å². The molecule has 120 valence electrons. The van der Waals surface area contributed by atoms with E-state index in [1.54, 1.807) is 6.07 Å². The van der Waals surface area contributed by atoms with E-state index < -0.39 is 11.7 Å². The minimum absolute atomic E-state index is 0.0785. The Morgan fingerprint density at radius 1 is 1.04 bits per heavy atom. The quantitative estimate of drug-likeness (QED) is 0.803. The van der Waals surface area contributed by atoms with Crippen LogP contribution < -0.4 is 10.9 Å². The van der Waals surface area contributed by atoms with Gasteiger partial charge in [0.2, 0.25) is 0 Å². The van der Waals surface area contributed by atoms with Gasteiger partial charge >= 0.3 is 0 Å². The highest BCUT2D eigenvalue weighted by atomic mass is 19.1. The molecule has 24 heavy (non-hydrogen) atoms. The number of benzene rings is 2. The second kappa shape index (κ2) is 6.87. The molecule has 1 heterocycles. The van der Waals surface area contributed by atoms with E-state index in [2.05, 4.69) is 10.4 Å². The molecule has 2 aromatic carbocycles. The monoisotopic (exact) mass is 323 g/mol. The number of hydrogen-bond acceptors (Lipinski definition) is 3. The van der Waals surface area contributed by atoms with Crippen LogP contribution in [0, 0.1) is 5.82 Å². The summed E-state index contributed by atoms with van der Waals surface area (Å²) >= 11 is 0. The zero-order valence-electron chi connectivity index (χ0n) is 12.6. The zero-order chi connectivity index (χ0) is 16.9. The maximum atomic E-state index is 13.2. The van der Waals surface area contributed by atoms with Gasteiger partial charge in [0.15, 0.2) is 0 Å². The topological polar surface area (TPSA) is 64.0 Å². The van der Waals surface area contributed by atoms with E-state index in [1.807, 2.05) is 30.3 Å². The molecule has 0 bridgehead atoms. The van der Waals surface area contributed by atoms with Gasteiger partial charge in [-0.25, -0.2) is 9.07 Å². The third kappa shape index (κ3) is 3.73. The number of anilines is 1. The van der Waals surface area contributed by atoms with Crippen LogP contribution >= 0.6 is 0 Å². The molecule has 0 aliphatic heterocycles. The van der Waals surface area contributed by atoms with E-state index in [9.17, 15) is 14.0 Å². The predicted molar refractivity (Wildman–Crippen MR) is 88.4 cm³/mol. The standard InChI is InChI=1S/C18H14FN3O2/c19-14-7-4-8-15(11-14)20-18(24)16-9-10-17(23)22(21-16)12-13-5-2-1-3-6-13/h1-11H,12H2,(H,20,24). The Hall–Kier alpha value is -3.28. The molecule has 3 rings (SSSR count). The first-order valence-electron chi connectivity index (χ1n) is 7.31. The number of nitrogens with zero attached hydrogens (tertiary/aromatic N) is 2. The van der Waals surface area contributed by atoms with Gasteiger partial charge in [-0.1, -0.05) is 36.4 Å². The van der Waals surface area contributed by atoms with E-state index in [0.29, 0.717) is 5.69 Å². The van der Waals surface area contributed by atoms with Crippen molar-refractivity contribution in [3.8, 4) is 0 Å². The molecule has 5 nitrogen and oxygen atoms in total. The van der Waals surface area contributed by atoms with Gasteiger partial charge < -0.3 is 5.32 Å². The van der Waals surface area contributed by atoms with Crippen LogP contribution in [0.1, 0.15) is 16.1 Å². The lowest BCUT2D eigenvalue weighted by molar-refractivity contribution is 0.102. The SMILES string of the molecule is O=C(Nc1cccc(F)c1)c1ccc(=O)n(Cc2ccccc2)n1. The van der Waals surface area contributed by atoms with Crippen LogP contribution in [-0.4, -0.2) is 15.7 Å². The lowest BCUT2D eigenvalue weighted by Gasteiger charge is -2.08. The van der Waals surface area contributed by atoms with Crippen LogP contribution in [0.25, 0.3) is 0 Å². The predicted octanol–water partition coefficient (Wildman–Crippen LogP) is 2.68. The van der Waals surface area contributed by atoms with Crippen LogP contribution in [0.15, 0.2) is 71.5 Å². The fraction of sp³-hybridized carbons (Fsp3) is 0.0556. The van der Waals surface area contributed by atoms with Crippen LogP contribution in [-0.2, 0) is 6.54 Å². The van der Waals surface area contributed by atoms with Gasteiger partial charge in [-0.2, -0.15) is 5.10 Å². The molecular formula is C18H14FN3O2. The molecule has 0 saturated heterocycles. The van der Waals surface area contributed by atoms with E-state index >= 15 is 0 Å². The molecular weight excluding hydrogens is 309 g/mol. The first-order valence-corrected chi connectivity index (χ1v) is 7.31. The average molecular weight is 323 g/mol. The molecule has 0 aliphatic rings. The summed E-state index contributed by atoms with van der Waals surface area (Å²) in [6.45, 7) is 0.265. The highest BCUT2D eigenvalue weighted by molar-refractivity contribution is 6.02. The Bertz CT molecular complexity index is 923. The lowest BCUT2D eigenvalue weighted by atomic mass is 10.2. The van der Waals surface area contributed by atoms with Crippen molar-refractivity contribution in [1.82, 2.24) is 9.78 Å². The number of aromatic nitrogens is 2. The molecule has 1 aromatic heterocycles. The molecule has 0 atom stereocenters. The molecule has 1 N–H and O–H groups in total. The van der Waals surface area contributed by atoms with Crippen LogP contribution in [0.5, 0.6) is 0 Å². The molecule has 0 radical (unpaired) electrons. The summed E-state index contributed by atoms with van der Waals surface area (Å²) in [5, 5.41) is 6.64. The molecule has 1 amide bonds. The van der Waals surface area contributed by atoms with Gasteiger partial charge in [0.25, 0.3) is 11.5 Å². The molecule has 3 aromatic rings. The van der Waals surface area contributed by atoms with E-state index in [4.69, 9.17) is 0 Å². The molecule has 0 unspecified atom stereocenters. The smallest absolute Gasteiger partial charge is 0.276 e. The summed E-state index contributed by atoms with van der Waals surface area (Å²) in [6, 6.07) is 17.5. The summed E-state index contributed by atoms with van der Waals surface area (Å²) in [6.07, 6.45) is 0. The number of hydrogen-bond donors (Lipinski definition) is 1. The Balaban J connectivity index is 1.82. The normalized spacial score (nSPS) is 10.4. The second-order valence-electron chi connectivity index (χ2n) is 5.16. The maximum Gasteiger partial charge on any atom is 0.276 e. The van der Waals surface area contributed by atoms with E-state index in [1.165, 1.54) is 35.0 Å². The second-order valence-corrected chi connectivity index (χ2v) is 5.16. The number of amides is 1. The molecule has 6 heteroatoms. The number of rotatable bonds is 4. The fourth-order valence-electron chi connectivity index (χ4n) is 2.20. The van der Waals surface area contributed by atoms with Gasteiger partial charge in [0.1, 0.15) is 11.5 Å². The number of nitrogens with one attached hydrogen (secondary N) is 1. The van der Waals surface area contributed by atoms with Crippen molar-refractivity contribution in [3.63, 3.8) is 0 Å². The van der Waals surface area contributed by atoms with Gasteiger partial charge in [0, 0.05) is 11.8 Å². The number of carbonyl (C=O) groups excluding carboxylic acids is 1. The molecule has 0 fully saturated rings. The number of halogens is 1. The summed E-state index contributed by atoms with van der Waals surface area (Å²) in [5.41, 5.74) is 0.994. The van der Waals surface area contributed by atoms with E-state index in [-0.39, 0.29) is 17.8 Å². The Morgan fingerprint density at radius 2 is 1.83 bits per heavy atom. The van der Waals surface area contributed by atoms with Crippen molar-refractivity contribution >= 4 is 11.6 Å². The van der Waals surface area contributed by atoms with Gasteiger partial charge in [-0.05, 0) is 29.8 Å². The largest absolute Gasteiger partial charge is 0.320 e. The fourth-order valence-corrected chi connectivity index (χ4v) is 2.20. The van der Waals surface area contributed by atoms with Crippen molar-refractivity contribution in [2.45, 2.75) is 6.54 Å². The van der Waals surface area contributed by atoms with Crippen LogP contribution in [0.2, 0.25) is 0 Å².